The lowest BCUT2D eigenvalue weighted by Crippen LogP contribution is -2.35. The van der Waals surface area contributed by atoms with Crippen molar-refractivity contribution in [2.45, 2.75) is 12.8 Å². The van der Waals surface area contributed by atoms with E-state index in [2.05, 4.69) is 16.5 Å². The Labute approximate surface area is 200 Å². The zero-order valence-corrected chi connectivity index (χ0v) is 19.4. The van der Waals surface area contributed by atoms with Gasteiger partial charge < -0.3 is 19.5 Å². The summed E-state index contributed by atoms with van der Waals surface area (Å²) >= 11 is 5.88. The van der Waals surface area contributed by atoms with Crippen LogP contribution in [0.25, 0.3) is 0 Å². The molecule has 1 aliphatic rings. The highest BCUT2D eigenvalue weighted by atomic mass is 35.5. The van der Waals surface area contributed by atoms with Crippen LogP contribution in [0.4, 0.5) is 5.82 Å². The summed E-state index contributed by atoms with van der Waals surface area (Å²) in [5.41, 5.74) is 1.75. The second-order valence-electron chi connectivity index (χ2n) is 7.58. The summed E-state index contributed by atoms with van der Waals surface area (Å²) in [6.45, 7) is 1.41. The molecular formula is C24H21ClN4O5. The van der Waals surface area contributed by atoms with Gasteiger partial charge in [-0.15, -0.1) is 0 Å². The van der Waals surface area contributed by atoms with Crippen LogP contribution in [-0.2, 0) is 4.79 Å². The van der Waals surface area contributed by atoms with Crippen LogP contribution in [0.2, 0.25) is 5.02 Å². The number of hydrogen-bond donors (Lipinski definition) is 1. The number of nitriles is 1. The maximum Gasteiger partial charge on any atom is 0.286 e. The Morgan fingerprint density at radius 1 is 1.18 bits per heavy atom. The number of anilines is 1. The second-order valence-corrected chi connectivity index (χ2v) is 8.02. The van der Waals surface area contributed by atoms with Gasteiger partial charge in [-0.1, -0.05) is 17.7 Å². The van der Waals surface area contributed by atoms with Crippen LogP contribution in [0.5, 0.6) is 17.2 Å². The highest BCUT2D eigenvalue weighted by molar-refractivity contribution is 6.30. The molecule has 1 amide bonds. The molecule has 0 bridgehead atoms. The van der Waals surface area contributed by atoms with Gasteiger partial charge in [0.1, 0.15) is 17.5 Å². The summed E-state index contributed by atoms with van der Waals surface area (Å²) in [4.78, 5) is 25.8. The van der Waals surface area contributed by atoms with Crippen LogP contribution in [0, 0.1) is 24.2 Å². The number of halogens is 1. The number of rotatable bonds is 6. The predicted octanol–water partition coefficient (Wildman–Crippen LogP) is 3.81. The predicted molar refractivity (Wildman–Crippen MR) is 124 cm³/mol. The number of aromatic nitrogens is 2. The van der Waals surface area contributed by atoms with E-state index in [0.717, 1.165) is 4.68 Å². The molecule has 0 aliphatic carbocycles. The van der Waals surface area contributed by atoms with Crippen molar-refractivity contribution in [3.05, 3.63) is 64.3 Å². The van der Waals surface area contributed by atoms with Crippen LogP contribution >= 0.6 is 11.6 Å². The topological polar surface area (TPSA) is 115 Å². The lowest BCUT2D eigenvalue weighted by molar-refractivity contribution is -0.119. The fourth-order valence-corrected chi connectivity index (χ4v) is 4.13. The molecular weight excluding hydrogens is 460 g/mol. The molecule has 1 aliphatic heterocycles. The van der Waals surface area contributed by atoms with Gasteiger partial charge in [0, 0.05) is 16.5 Å². The van der Waals surface area contributed by atoms with E-state index >= 15 is 0 Å². The average Bonchev–Trinajstić information content (AvgIpc) is 3.17. The molecule has 2 heterocycles. The maximum absolute atomic E-state index is 13.0. The number of carbonyl (C=O) groups excluding carboxylic acids is 2. The van der Waals surface area contributed by atoms with Crippen LogP contribution in [0.15, 0.2) is 42.5 Å². The number of ether oxygens (including phenoxy) is 3. The molecule has 2 aromatic carbocycles. The molecule has 0 saturated heterocycles. The van der Waals surface area contributed by atoms with Gasteiger partial charge in [-0.3, -0.25) is 9.59 Å². The first kappa shape index (κ1) is 23.1. The summed E-state index contributed by atoms with van der Waals surface area (Å²) < 4.78 is 17.4. The normalized spacial score (nSPS) is 16.7. The summed E-state index contributed by atoms with van der Waals surface area (Å²) in [7, 11) is 3.03. The van der Waals surface area contributed by atoms with E-state index in [0.29, 0.717) is 39.1 Å². The highest BCUT2D eigenvalue weighted by Gasteiger charge is 2.42. The van der Waals surface area contributed by atoms with E-state index in [9.17, 15) is 14.9 Å². The summed E-state index contributed by atoms with van der Waals surface area (Å²) in [5.74, 6) is -1.03. The van der Waals surface area contributed by atoms with Gasteiger partial charge in [0.25, 0.3) is 5.91 Å². The third-order valence-electron chi connectivity index (χ3n) is 5.59. The Balaban J connectivity index is 1.72. The van der Waals surface area contributed by atoms with Gasteiger partial charge in [0.15, 0.2) is 18.1 Å². The van der Waals surface area contributed by atoms with Gasteiger partial charge >= 0.3 is 0 Å². The molecule has 9 nitrogen and oxygen atoms in total. The summed E-state index contributed by atoms with van der Waals surface area (Å²) in [6, 6.07) is 13.9. The molecule has 1 aromatic heterocycles. The monoisotopic (exact) mass is 480 g/mol. The van der Waals surface area contributed by atoms with Crippen molar-refractivity contribution in [2.75, 3.05) is 26.1 Å². The molecule has 2 atom stereocenters. The van der Waals surface area contributed by atoms with E-state index in [1.54, 1.807) is 49.4 Å². The Morgan fingerprint density at radius 2 is 1.88 bits per heavy atom. The third kappa shape index (κ3) is 4.16. The van der Waals surface area contributed by atoms with E-state index in [4.69, 9.17) is 25.8 Å². The number of methoxy groups -OCH3 is 2. The molecule has 2 unspecified atom stereocenters. The van der Waals surface area contributed by atoms with Crippen molar-refractivity contribution in [3.63, 3.8) is 0 Å². The van der Waals surface area contributed by atoms with Gasteiger partial charge in [0.2, 0.25) is 5.91 Å². The third-order valence-corrected chi connectivity index (χ3v) is 5.85. The van der Waals surface area contributed by atoms with Crippen molar-refractivity contribution < 1.29 is 23.8 Å². The van der Waals surface area contributed by atoms with Crippen LogP contribution in [0.1, 0.15) is 27.5 Å². The molecule has 34 heavy (non-hydrogen) atoms. The number of nitrogens with zero attached hydrogens (tertiary/aromatic N) is 3. The SMILES string of the molecule is COc1ccc(C2c3c(C)nn(C(=O)COc4ccc(Cl)cc4)c3NC(=O)C2C#N)cc1OC. The Morgan fingerprint density at radius 3 is 2.53 bits per heavy atom. The van der Waals surface area contributed by atoms with Crippen molar-refractivity contribution >= 4 is 29.2 Å². The minimum absolute atomic E-state index is 0.221. The number of nitrogens with one attached hydrogen (secondary N) is 1. The Kier molecular flexibility index (Phi) is 6.43. The number of hydrogen-bond acceptors (Lipinski definition) is 7. The maximum atomic E-state index is 13.0. The quantitative estimate of drug-likeness (QED) is 0.570. The van der Waals surface area contributed by atoms with E-state index in [-0.39, 0.29) is 12.4 Å². The molecule has 174 valence electrons. The highest BCUT2D eigenvalue weighted by Crippen LogP contribution is 2.44. The smallest absolute Gasteiger partial charge is 0.286 e. The van der Waals surface area contributed by atoms with Crippen molar-refractivity contribution in [3.8, 4) is 23.3 Å². The Bertz CT molecular complexity index is 1300. The molecule has 0 radical (unpaired) electrons. The van der Waals surface area contributed by atoms with Crippen molar-refractivity contribution in [2.24, 2.45) is 5.92 Å². The number of aryl methyl sites for hydroxylation is 1. The van der Waals surface area contributed by atoms with Crippen molar-refractivity contribution in [1.29, 1.82) is 5.26 Å². The standard InChI is InChI=1S/C24H21ClN4O5/c1-13-21-22(14-4-9-18(32-2)19(10-14)33-3)17(11-26)24(31)27-23(21)29(28-13)20(30)12-34-16-7-5-15(25)6-8-16/h4-10,17,22H,12H2,1-3H3,(H,27,31). The lowest BCUT2D eigenvalue weighted by atomic mass is 9.78. The fourth-order valence-electron chi connectivity index (χ4n) is 4.00. The second kappa shape index (κ2) is 9.45. The zero-order valence-electron chi connectivity index (χ0n) is 18.7. The van der Waals surface area contributed by atoms with Crippen LogP contribution in [0.3, 0.4) is 0 Å². The first-order chi connectivity index (χ1) is 16.4. The first-order valence-corrected chi connectivity index (χ1v) is 10.7. The number of carbonyl (C=O) groups is 2. The van der Waals surface area contributed by atoms with Gasteiger partial charge in [-0.25, -0.2) is 0 Å². The molecule has 1 N–H and O–H groups in total. The van der Waals surface area contributed by atoms with Gasteiger partial charge in [-0.2, -0.15) is 15.0 Å². The molecule has 4 rings (SSSR count). The molecule has 0 saturated carbocycles. The Hall–Kier alpha value is -4.03. The summed E-state index contributed by atoms with van der Waals surface area (Å²) in [6.07, 6.45) is 0. The van der Waals surface area contributed by atoms with Gasteiger partial charge in [0.05, 0.1) is 26.0 Å². The van der Waals surface area contributed by atoms with E-state index in [1.165, 1.54) is 14.2 Å². The van der Waals surface area contributed by atoms with E-state index < -0.39 is 23.7 Å². The average molecular weight is 481 g/mol. The number of benzene rings is 2. The fraction of sp³-hybridized carbons (Fsp3) is 0.250. The minimum Gasteiger partial charge on any atom is -0.493 e. The minimum atomic E-state index is -1.03. The molecule has 0 spiro atoms. The molecule has 10 heteroatoms. The zero-order chi connectivity index (χ0) is 24.4. The number of amides is 1. The summed E-state index contributed by atoms with van der Waals surface area (Å²) in [5, 5.41) is 17.4. The van der Waals surface area contributed by atoms with Crippen LogP contribution in [-0.4, -0.2) is 42.4 Å². The molecule has 3 aromatic rings. The first-order valence-electron chi connectivity index (χ1n) is 10.3. The largest absolute Gasteiger partial charge is 0.493 e. The van der Waals surface area contributed by atoms with E-state index in [1.807, 2.05) is 0 Å². The molecule has 0 fully saturated rings. The van der Waals surface area contributed by atoms with Crippen LogP contribution < -0.4 is 19.5 Å². The lowest BCUT2D eigenvalue weighted by Gasteiger charge is -2.28. The van der Waals surface area contributed by atoms with Gasteiger partial charge in [-0.05, 0) is 48.9 Å². The van der Waals surface area contributed by atoms with Crippen molar-refractivity contribution in [1.82, 2.24) is 9.78 Å². The number of fused-ring (bicyclic) bond motifs is 1.